The SMILES string of the molecule is Cc1cc(C(N)C(N)=O)ccc1F. The van der Waals surface area contributed by atoms with Gasteiger partial charge in [-0.15, -0.1) is 0 Å². The third-order valence-corrected chi connectivity index (χ3v) is 1.85. The first-order valence-electron chi connectivity index (χ1n) is 3.83. The standard InChI is InChI=1S/C9H11FN2O/c1-5-4-6(2-3-7(5)10)8(11)9(12)13/h2-4,8H,11H2,1H3,(H2,12,13). The number of hydrogen-bond donors (Lipinski definition) is 2. The van der Waals surface area contributed by atoms with Crippen LogP contribution in [0, 0.1) is 12.7 Å². The number of nitrogens with two attached hydrogens (primary N) is 2. The molecule has 1 aromatic rings. The Balaban J connectivity index is 3.03. The predicted molar refractivity (Wildman–Crippen MR) is 47.3 cm³/mol. The van der Waals surface area contributed by atoms with E-state index in [2.05, 4.69) is 0 Å². The molecule has 0 radical (unpaired) electrons. The van der Waals surface area contributed by atoms with Gasteiger partial charge in [0, 0.05) is 0 Å². The topological polar surface area (TPSA) is 69.1 Å². The van der Waals surface area contributed by atoms with Crippen LogP contribution in [0.3, 0.4) is 0 Å². The van der Waals surface area contributed by atoms with Crippen molar-refractivity contribution in [1.29, 1.82) is 0 Å². The maximum Gasteiger partial charge on any atom is 0.238 e. The van der Waals surface area contributed by atoms with Gasteiger partial charge in [-0.2, -0.15) is 0 Å². The van der Waals surface area contributed by atoms with Crippen molar-refractivity contribution >= 4 is 5.91 Å². The highest BCUT2D eigenvalue weighted by atomic mass is 19.1. The molecular weight excluding hydrogens is 171 g/mol. The molecule has 0 heterocycles. The molecule has 0 aliphatic rings. The summed E-state index contributed by atoms with van der Waals surface area (Å²) in [5.74, 6) is -0.938. The second-order valence-corrected chi connectivity index (χ2v) is 2.89. The highest BCUT2D eigenvalue weighted by Gasteiger charge is 2.12. The third kappa shape index (κ3) is 2.03. The van der Waals surface area contributed by atoms with Gasteiger partial charge < -0.3 is 11.5 Å². The van der Waals surface area contributed by atoms with E-state index in [9.17, 15) is 9.18 Å². The lowest BCUT2D eigenvalue weighted by molar-refractivity contribution is -0.119. The summed E-state index contributed by atoms with van der Waals surface area (Å²) in [6.07, 6.45) is 0. The van der Waals surface area contributed by atoms with E-state index < -0.39 is 11.9 Å². The minimum absolute atomic E-state index is 0.319. The fraction of sp³-hybridized carbons (Fsp3) is 0.222. The number of hydrogen-bond acceptors (Lipinski definition) is 2. The van der Waals surface area contributed by atoms with Crippen molar-refractivity contribution in [2.75, 3.05) is 0 Å². The van der Waals surface area contributed by atoms with Crippen molar-refractivity contribution < 1.29 is 9.18 Å². The molecule has 1 unspecified atom stereocenters. The quantitative estimate of drug-likeness (QED) is 0.703. The summed E-state index contributed by atoms with van der Waals surface area (Å²) >= 11 is 0. The van der Waals surface area contributed by atoms with E-state index in [1.807, 2.05) is 0 Å². The molecular formula is C9H11FN2O. The van der Waals surface area contributed by atoms with Crippen LogP contribution >= 0.6 is 0 Å². The summed E-state index contributed by atoms with van der Waals surface area (Å²) in [6, 6.07) is 3.38. The minimum atomic E-state index is -0.862. The van der Waals surface area contributed by atoms with Gasteiger partial charge in [-0.05, 0) is 24.1 Å². The molecule has 3 nitrogen and oxygen atoms in total. The second kappa shape index (κ2) is 3.53. The molecule has 0 fully saturated rings. The molecule has 0 spiro atoms. The number of primary amides is 1. The van der Waals surface area contributed by atoms with Crippen molar-refractivity contribution in [3.05, 3.63) is 35.1 Å². The van der Waals surface area contributed by atoms with Crippen LogP contribution in [-0.4, -0.2) is 5.91 Å². The van der Waals surface area contributed by atoms with Gasteiger partial charge in [-0.1, -0.05) is 12.1 Å². The third-order valence-electron chi connectivity index (χ3n) is 1.85. The van der Waals surface area contributed by atoms with Gasteiger partial charge in [0.15, 0.2) is 0 Å². The van der Waals surface area contributed by atoms with Gasteiger partial charge in [0.1, 0.15) is 11.9 Å². The minimum Gasteiger partial charge on any atom is -0.368 e. The number of halogens is 1. The Morgan fingerprint density at radius 2 is 2.15 bits per heavy atom. The van der Waals surface area contributed by atoms with Gasteiger partial charge in [0.2, 0.25) is 5.91 Å². The maximum atomic E-state index is 12.8. The Morgan fingerprint density at radius 3 is 2.62 bits per heavy atom. The van der Waals surface area contributed by atoms with Crippen LogP contribution < -0.4 is 11.5 Å². The number of carbonyl (C=O) groups is 1. The highest BCUT2D eigenvalue weighted by molar-refractivity contribution is 5.81. The molecule has 0 aliphatic heterocycles. The second-order valence-electron chi connectivity index (χ2n) is 2.89. The van der Waals surface area contributed by atoms with Crippen molar-refractivity contribution in [3.63, 3.8) is 0 Å². The molecule has 1 rings (SSSR count). The van der Waals surface area contributed by atoms with Crippen LogP contribution in [0.4, 0.5) is 4.39 Å². The van der Waals surface area contributed by atoms with Crippen molar-refractivity contribution in [1.82, 2.24) is 0 Å². The van der Waals surface area contributed by atoms with Crippen LogP contribution in [0.2, 0.25) is 0 Å². The lowest BCUT2D eigenvalue weighted by Crippen LogP contribution is -2.28. The first-order valence-corrected chi connectivity index (χ1v) is 3.83. The van der Waals surface area contributed by atoms with Crippen LogP contribution in [0.15, 0.2) is 18.2 Å². The smallest absolute Gasteiger partial charge is 0.238 e. The molecule has 1 atom stereocenters. The largest absolute Gasteiger partial charge is 0.368 e. The normalized spacial score (nSPS) is 12.5. The zero-order valence-corrected chi connectivity index (χ0v) is 7.25. The van der Waals surface area contributed by atoms with Crippen molar-refractivity contribution in [2.45, 2.75) is 13.0 Å². The number of benzene rings is 1. The van der Waals surface area contributed by atoms with E-state index in [1.54, 1.807) is 6.92 Å². The molecule has 13 heavy (non-hydrogen) atoms. The van der Waals surface area contributed by atoms with Gasteiger partial charge >= 0.3 is 0 Å². The van der Waals surface area contributed by atoms with Gasteiger partial charge in [0.05, 0.1) is 0 Å². The average molecular weight is 182 g/mol. The molecule has 1 amide bonds. The lowest BCUT2D eigenvalue weighted by Gasteiger charge is -2.08. The Hall–Kier alpha value is -1.42. The molecule has 0 saturated carbocycles. The summed E-state index contributed by atoms with van der Waals surface area (Å²) in [5, 5.41) is 0. The van der Waals surface area contributed by atoms with Crippen LogP contribution in [0.1, 0.15) is 17.2 Å². The van der Waals surface area contributed by atoms with Crippen LogP contribution in [0.5, 0.6) is 0 Å². The molecule has 1 aromatic carbocycles. The van der Waals surface area contributed by atoms with Gasteiger partial charge in [0.25, 0.3) is 0 Å². The maximum absolute atomic E-state index is 12.8. The van der Waals surface area contributed by atoms with E-state index in [0.29, 0.717) is 11.1 Å². The Labute approximate surface area is 75.5 Å². The molecule has 0 saturated heterocycles. The first kappa shape index (κ1) is 9.67. The van der Waals surface area contributed by atoms with E-state index in [4.69, 9.17) is 11.5 Å². The predicted octanol–water partition coefficient (Wildman–Crippen LogP) is 0.619. The average Bonchev–Trinajstić information content (AvgIpc) is 2.08. The van der Waals surface area contributed by atoms with E-state index in [-0.39, 0.29) is 5.82 Å². The monoisotopic (exact) mass is 182 g/mol. The Kier molecular flexibility index (Phi) is 2.63. The summed E-state index contributed by atoms with van der Waals surface area (Å²) < 4.78 is 12.8. The molecule has 4 heteroatoms. The molecule has 0 aromatic heterocycles. The van der Waals surface area contributed by atoms with Crippen LogP contribution in [-0.2, 0) is 4.79 Å². The first-order chi connectivity index (χ1) is 6.02. The number of aryl methyl sites for hydroxylation is 1. The van der Waals surface area contributed by atoms with Crippen molar-refractivity contribution in [2.24, 2.45) is 11.5 Å². The molecule has 70 valence electrons. The Bertz CT molecular complexity index is 338. The number of amides is 1. The zero-order valence-electron chi connectivity index (χ0n) is 7.25. The van der Waals surface area contributed by atoms with Crippen LogP contribution in [0.25, 0.3) is 0 Å². The summed E-state index contributed by atoms with van der Waals surface area (Å²) in [4.78, 5) is 10.7. The fourth-order valence-corrected chi connectivity index (χ4v) is 1.03. The zero-order chi connectivity index (χ0) is 10.0. The van der Waals surface area contributed by atoms with Gasteiger partial charge in [-0.25, -0.2) is 4.39 Å². The molecule has 4 N–H and O–H groups in total. The Morgan fingerprint density at radius 1 is 1.54 bits per heavy atom. The van der Waals surface area contributed by atoms with E-state index in [1.165, 1.54) is 18.2 Å². The number of rotatable bonds is 2. The van der Waals surface area contributed by atoms with Gasteiger partial charge in [-0.3, -0.25) is 4.79 Å². The summed E-state index contributed by atoms with van der Waals surface area (Å²) in [6.45, 7) is 1.60. The van der Waals surface area contributed by atoms with E-state index in [0.717, 1.165) is 0 Å². The van der Waals surface area contributed by atoms with E-state index >= 15 is 0 Å². The summed E-state index contributed by atoms with van der Waals surface area (Å²) in [5.41, 5.74) is 11.4. The molecule has 0 aliphatic carbocycles. The number of carbonyl (C=O) groups excluding carboxylic acids is 1. The van der Waals surface area contributed by atoms with Crippen molar-refractivity contribution in [3.8, 4) is 0 Å². The summed E-state index contributed by atoms with van der Waals surface area (Å²) in [7, 11) is 0. The lowest BCUT2D eigenvalue weighted by atomic mass is 10.0. The fourth-order valence-electron chi connectivity index (χ4n) is 1.03. The molecule has 0 bridgehead atoms. The highest BCUT2D eigenvalue weighted by Crippen LogP contribution is 2.14.